The molecule has 1 rings (SSSR count). The first-order valence-electron chi connectivity index (χ1n) is 5.68. The van der Waals surface area contributed by atoms with Crippen LogP contribution >= 0.6 is 0 Å². The highest BCUT2D eigenvalue weighted by Gasteiger charge is 2.27. The molecule has 0 aromatic rings. The summed E-state index contributed by atoms with van der Waals surface area (Å²) < 4.78 is 4.73. The summed E-state index contributed by atoms with van der Waals surface area (Å²) in [5, 5.41) is 11.2. The highest BCUT2D eigenvalue weighted by molar-refractivity contribution is 5.67. The van der Waals surface area contributed by atoms with Gasteiger partial charge in [0.05, 0.1) is 6.61 Å². The van der Waals surface area contributed by atoms with Crippen LogP contribution in [-0.2, 0) is 4.74 Å². The van der Waals surface area contributed by atoms with Crippen LogP contribution in [0.25, 0.3) is 0 Å². The van der Waals surface area contributed by atoms with E-state index in [0.29, 0.717) is 6.54 Å². The zero-order valence-electron chi connectivity index (χ0n) is 9.42. The summed E-state index contributed by atoms with van der Waals surface area (Å²) in [6, 6.07) is 0. The minimum Gasteiger partial charge on any atom is -0.447 e. The van der Waals surface area contributed by atoms with E-state index in [4.69, 9.17) is 9.84 Å². The van der Waals surface area contributed by atoms with E-state index >= 15 is 0 Å². The lowest BCUT2D eigenvalue weighted by atomic mass is 9.76. The van der Waals surface area contributed by atoms with Crippen molar-refractivity contribution >= 4 is 6.09 Å². The Hall–Kier alpha value is -0.770. The number of carbonyl (C=O) groups excluding carboxylic acids is 1. The highest BCUT2D eigenvalue weighted by atomic mass is 16.6. The zero-order chi connectivity index (χ0) is 11.1. The Morgan fingerprint density at radius 3 is 2.67 bits per heavy atom. The second-order valence-corrected chi connectivity index (χ2v) is 4.58. The van der Waals surface area contributed by atoms with Crippen LogP contribution in [0.2, 0.25) is 0 Å². The fourth-order valence-electron chi connectivity index (χ4n) is 2.06. The molecule has 0 radical (unpaired) electrons. The molecule has 0 atom stereocenters. The molecule has 0 aliphatic heterocycles. The molecule has 1 fully saturated rings. The van der Waals surface area contributed by atoms with Crippen LogP contribution < -0.4 is 5.32 Å². The van der Waals surface area contributed by atoms with Crippen molar-refractivity contribution in [2.45, 2.75) is 39.0 Å². The molecule has 88 valence electrons. The van der Waals surface area contributed by atoms with Crippen molar-refractivity contribution in [3.8, 4) is 0 Å². The Labute approximate surface area is 91.0 Å². The van der Waals surface area contributed by atoms with Gasteiger partial charge in [-0.3, -0.25) is 0 Å². The van der Waals surface area contributed by atoms with Gasteiger partial charge in [0.25, 0.3) is 0 Å². The molecule has 0 saturated heterocycles. The predicted molar refractivity (Wildman–Crippen MR) is 57.6 cm³/mol. The molecule has 0 spiro atoms. The molecular formula is C11H21NO3. The van der Waals surface area contributed by atoms with E-state index in [1.165, 1.54) is 32.1 Å². The maximum Gasteiger partial charge on any atom is 0.407 e. The van der Waals surface area contributed by atoms with Crippen molar-refractivity contribution in [2.24, 2.45) is 5.41 Å². The first kappa shape index (κ1) is 12.3. The van der Waals surface area contributed by atoms with Crippen LogP contribution in [0.4, 0.5) is 4.79 Å². The third-order valence-corrected chi connectivity index (χ3v) is 3.04. The molecular weight excluding hydrogens is 194 g/mol. The number of ether oxygens (including phenoxy) is 1. The molecule has 1 aliphatic rings. The lowest BCUT2D eigenvalue weighted by Gasteiger charge is -2.33. The second kappa shape index (κ2) is 5.95. The van der Waals surface area contributed by atoms with Crippen LogP contribution in [0.5, 0.6) is 0 Å². The fourth-order valence-corrected chi connectivity index (χ4v) is 2.06. The molecule has 15 heavy (non-hydrogen) atoms. The number of aliphatic hydroxyl groups excluding tert-OH is 1. The average molecular weight is 215 g/mol. The molecule has 0 bridgehead atoms. The van der Waals surface area contributed by atoms with Crippen LogP contribution in [0.15, 0.2) is 0 Å². The van der Waals surface area contributed by atoms with Gasteiger partial charge >= 0.3 is 6.09 Å². The van der Waals surface area contributed by atoms with Gasteiger partial charge in [-0.2, -0.15) is 0 Å². The smallest absolute Gasteiger partial charge is 0.407 e. The molecule has 1 aliphatic carbocycles. The van der Waals surface area contributed by atoms with Crippen LogP contribution in [0.3, 0.4) is 0 Å². The topological polar surface area (TPSA) is 58.6 Å². The molecule has 2 N–H and O–H groups in total. The van der Waals surface area contributed by atoms with Crippen molar-refractivity contribution in [2.75, 3.05) is 19.8 Å². The zero-order valence-corrected chi connectivity index (χ0v) is 9.42. The van der Waals surface area contributed by atoms with E-state index in [-0.39, 0.29) is 18.6 Å². The third kappa shape index (κ3) is 4.51. The molecule has 0 aromatic carbocycles. The van der Waals surface area contributed by atoms with E-state index in [1.807, 2.05) is 0 Å². The molecule has 4 nitrogen and oxygen atoms in total. The molecule has 4 heteroatoms. The molecule has 1 amide bonds. The van der Waals surface area contributed by atoms with Gasteiger partial charge in [0, 0.05) is 6.54 Å². The van der Waals surface area contributed by atoms with Crippen LogP contribution in [0, 0.1) is 5.41 Å². The number of nitrogens with one attached hydrogen (secondary N) is 1. The van der Waals surface area contributed by atoms with E-state index in [2.05, 4.69) is 12.2 Å². The molecule has 1 saturated carbocycles. The molecule has 0 heterocycles. The maximum atomic E-state index is 11.1. The summed E-state index contributed by atoms with van der Waals surface area (Å²) in [5.74, 6) is 0. The first-order valence-corrected chi connectivity index (χ1v) is 5.68. The molecule has 0 unspecified atom stereocenters. The number of alkyl carbamates (subject to hydrolysis) is 1. The highest BCUT2D eigenvalue weighted by Crippen LogP contribution is 2.34. The summed E-state index contributed by atoms with van der Waals surface area (Å²) in [6.07, 6.45) is 5.75. The van der Waals surface area contributed by atoms with Gasteiger partial charge < -0.3 is 15.2 Å². The normalized spacial score (nSPS) is 19.6. The lowest BCUT2D eigenvalue weighted by Crippen LogP contribution is -2.37. The largest absolute Gasteiger partial charge is 0.447 e. The Bertz CT molecular complexity index is 200. The maximum absolute atomic E-state index is 11.1. The van der Waals surface area contributed by atoms with Crippen molar-refractivity contribution in [3.05, 3.63) is 0 Å². The lowest BCUT2D eigenvalue weighted by molar-refractivity contribution is 0.112. The van der Waals surface area contributed by atoms with Crippen molar-refractivity contribution in [3.63, 3.8) is 0 Å². The second-order valence-electron chi connectivity index (χ2n) is 4.58. The number of hydrogen-bond acceptors (Lipinski definition) is 3. The van der Waals surface area contributed by atoms with Gasteiger partial charge in [0.15, 0.2) is 0 Å². The van der Waals surface area contributed by atoms with Gasteiger partial charge in [-0.05, 0) is 18.3 Å². The summed E-state index contributed by atoms with van der Waals surface area (Å²) in [4.78, 5) is 11.1. The Morgan fingerprint density at radius 1 is 1.40 bits per heavy atom. The standard InChI is InChI=1S/C11H21NO3/c1-11(5-3-2-4-6-11)9-12-10(14)15-8-7-13/h13H,2-9H2,1H3,(H,12,14). The SMILES string of the molecule is CC1(CNC(=O)OCCO)CCCCC1. The quantitative estimate of drug-likeness (QED) is 0.750. The van der Waals surface area contributed by atoms with Gasteiger partial charge in [-0.25, -0.2) is 4.79 Å². The van der Waals surface area contributed by atoms with Gasteiger partial charge in [0.2, 0.25) is 0 Å². The average Bonchev–Trinajstić information content (AvgIpc) is 2.25. The number of rotatable bonds is 4. The van der Waals surface area contributed by atoms with E-state index in [9.17, 15) is 4.79 Å². The van der Waals surface area contributed by atoms with E-state index in [0.717, 1.165) is 0 Å². The summed E-state index contributed by atoms with van der Waals surface area (Å²) >= 11 is 0. The van der Waals surface area contributed by atoms with Crippen molar-refractivity contribution < 1.29 is 14.6 Å². The van der Waals surface area contributed by atoms with Crippen LogP contribution in [-0.4, -0.2) is 31.0 Å². The van der Waals surface area contributed by atoms with Crippen LogP contribution in [0.1, 0.15) is 39.0 Å². The Kier molecular flexibility index (Phi) is 4.88. The van der Waals surface area contributed by atoms with E-state index in [1.54, 1.807) is 0 Å². The van der Waals surface area contributed by atoms with Crippen molar-refractivity contribution in [1.29, 1.82) is 0 Å². The molecule has 0 aromatic heterocycles. The number of aliphatic hydroxyl groups is 1. The minimum absolute atomic E-state index is 0.0720. The number of hydrogen-bond donors (Lipinski definition) is 2. The number of carbonyl (C=O) groups is 1. The monoisotopic (exact) mass is 215 g/mol. The minimum atomic E-state index is -0.421. The predicted octanol–water partition coefficient (Wildman–Crippen LogP) is 1.68. The van der Waals surface area contributed by atoms with Gasteiger partial charge in [-0.15, -0.1) is 0 Å². The van der Waals surface area contributed by atoms with E-state index < -0.39 is 6.09 Å². The summed E-state index contributed by atoms with van der Waals surface area (Å²) in [7, 11) is 0. The van der Waals surface area contributed by atoms with Gasteiger partial charge in [0.1, 0.15) is 6.61 Å². The third-order valence-electron chi connectivity index (χ3n) is 3.04. The Morgan fingerprint density at radius 2 is 2.07 bits per heavy atom. The Balaban J connectivity index is 2.19. The van der Waals surface area contributed by atoms with Crippen molar-refractivity contribution in [1.82, 2.24) is 5.32 Å². The number of amides is 1. The summed E-state index contributed by atoms with van der Waals surface area (Å²) in [5.41, 5.74) is 0.233. The first-order chi connectivity index (χ1) is 7.16. The van der Waals surface area contributed by atoms with Gasteiger partial charge in [-0.1, -0.05) is 26.2 Å². The summed E-state index contributed by atoms with van der Waals surface area (Å²) in [6.45, 7) is 2.84. The fraction of sp³-hybridized carbons (Fsp3) is 0.909.